The van der Waals surface area contributed by atoms with Crippen LogP contribution in [0.1, 0.15) is 13.3 Å². The molecule has 0 saturated heterocycles. The fourth-order valence-electron chi connectivity index (χ4n) is 1.22. The lowest BCUT2D eigenvalue weighted by molar-refractivity contribution is -0.228. The van der Waals surface area contributed by atoms with Gasteiger partial charge in [0.1, 0.15) is 0 Å². The summed E-state index contributed by atoms with van der Waals surface area (Å²) in [4.78, 5) is 23.1. The number of thiol groups is 1. The average molecular weight is 359 g/mol. The molecule has 0 aromatic carbocycles. The number of carbonyl (C=O) groups excluding carboxylic acids is 2. The highest BCUT2D eigenvalue weighted by molar-refractivity contribution is 7.81. The second-order valence-electron chi connectivity index (χ2n) is 4.41. The second-order valence-corrected chi connectivity index (χ2v) is 4.98. The number of esters is 1. The first-order valence-electron chi connectivity index (χ1n) is 6.26. The number of alkyl halides is 4. The third kappa shape index (κ3) is 6.61. The fourth-order valence-corrected chi connectivity index (χ4v) is 1.34. The van der Waals surface area contributed by atoms with Crippen molar-refractivity contribution in [2.75, 3.05) is 13.2 Å². The lowest BCUT2D eigenvalue weighted by Gasteiger charge is -2.29. The minimum atomic E-state index is -4.56. The molecule has 0 aliphatic carbocycles. The van der Waals surface area contributed by atoms with Gasteiger partial charge in [0.2, 0.25) is 0 Å². The van der Waals surface area contributed by atoms with E-state index in [-0.39, 0.29) is 6.54 Å². The minimum absolute atomic E-state index is 0.0195. The largest absolute Gasteiger partial charge is 0.420 e. The highest BCUT2D eigenvalue weighted by Crippen LogP contribution is 2.39. The number of amides is 1. The van der Waals surface area contributed by atoms with Crippen molar-refractivity contribution in [2.45, 2.75) is 30.3 Å². The number of nitrogens with one attached hydrogen (secondary N) is 1. The average Bonchev–Trinajstić information content (AvgIpc) is 2.42. The van der Waals surface area contributed by atoms with Crippen molar-refractivity contribution < 1.29 is 36.6 Å². The zero-order chi connectivity index (χ0) is 18.3. The first-order chi connectivity index (χ1) is 10.4. The molecule has 0 radical (unpaired) electrons. The summed E-state index contributed by atoms with van der Waals surface area (Å²) in [5.41, 5.74) is 0. The molecule has 1 unspecified atom stereocenters. The van der Waals surface area contributed by atoms with Crippen molar-refractivity contribution in [2.24, 2.45) is 0 Å². The zero-order valence-electron chi connectivity index (χ0n) is 12.3. The van der Waals surface area contributed by atoms with E-state index in [0.29, 0.717) is 0 Å². The smallest absolute Gasteiger partial charge is 0.353 e. The topological polar surface area (TPSA) is 64.6 Å². The first kappa shape index (κ1) is 21.4. The van der Waals surface area contributed by atoms with Crippen molar-refractivity contribution >= 4 is 24.5 Å². The summed E-state index contributed by atoms with van der Waals surface area (Å²) in [6.07, 6.45) is 0.585. The van der Waals surface area contributed by atoms with Crippen molar-refractivity contribution in [3.8, 4) is 0 Å². The summed E-state index contributed by atoms with van der Waals surface area (Å²) in [6.45, 7) is 6.42. The lowest BCUT2D eigenvalue weighted by atomic mass is 10.2. The molecule has 0 aliphatic heterocycles. The van der Waals surface area contributed by atoms with E-state index in [1.54, 1.807) is 0 Å². The summed E-state index contributed by atoms with van der Waals surface area (Å²) in [7, 11) is 0. The Morgan fingerprint density at radius 2 is 1.83 bits per heavy atom. The van der Waals surface area contributed by atoms with Crippen LogP contribution in [-0.2, 0) is 19.1 Å². The molecule has 1 N–H and O–H groups in total. The van der Waals surface area contributed by atoms with E-state index in [2.05, 4.69) is 35.8 Å². The Hall–Kier alpha value is -1.55. The van der Waals surface area contributed by atoms with Gasteiger partial charge in [-0.25, -0.2) is 4.79 Å². The van der Waals surface area contributed by atoms with Crippen LogP contribution in [-0.4, -0.2) is 42.0 Å². The van der Waals surface area contributed by atoms with Crippen LogP contribution >= 0.6 is 12.6 Å². The molecule has 23 heavy (non-hydrogen) atoms. The Balaban J connectivity index is 4.96. The summed E-state index contributed by atoms with van der Waals surface area (Å²) < 4.78 is 60.8. The van der Waals surface area contributed by atoms with E-state index in [1.807, 2.05) is 0 Å². The molecule has 0 aromatic heterocycles. The molecule has 0 rings (SSSR count). The monoisotopic (exact) mass is 359 g/mol. The van der Waals surface area contributed by atoms with Crippen LogP contribution < -0.4 is 5.32 Å². The van der Waals surface area contributed by atoms with Crippen molar-refractivity contribution in [1.82, 2.24) is 5.32 Å². The zero-order valence-corrected chi connectivity index (χ0v) is 13.2. The van der Waals surface area contributed by atoms with Crippen molar-refractivity contribution in [3.05, 3.63) is 25.3 Å². The standard InChI is InChI=1S/C13H17F4NO4S/c1-4-7-18-10(20)11(3,22-9(19)5-2)21-8-6-12(14,15)13(16,17)23/h4-5,23H,1-2,6-8H2,3H3,(H,18,20). The van der Waals surface area contributed by atoms with Crippen LogP contribution in [0.15, 0.2) is 25.3 Å². The van der Waals surface area contributed by atoms with Gasteiger partial charge in [0.05, 0.1) is 6.61 Å². The Morgan fingerprint density at radius 1 is 1.26 bits per heavy atom. The molecule has 0 saturated carbocycles. The van der Waals surface area contributed by atoms with Gasteiger partial charge in [-0.2, -0.15) is 17.6 Å². The number of hydrogen-bond donors (Lipinski definition) is 2. The highest BCUT2D eigenvalue weighted by atomic mass is 32.1. The molecule has 10 heteroatoms. The molecule has 0 bridgehead atoms. The Kier molecular flexibility index (Phi) is 7.78. The van der Waals surface area contributed by atoms with Gasteiger partial charge in [-0.1, -0.05) is 25.3 Å². The molecule has 1 atom stereocenters. The number of hydrogen-bond acceptors (Lipinski definition) is 5. The van der Waals surface area contributed by atoms with Crippen LogP contribution in [0.5, 0.6) is 0 Å². The lowest BCUT2D eigenvalue weighted by Crippen LogP contribution is -2.50. The van der Waals surface area contributed by atoms with Gasteiger partial charge in [0.25, 0.3) is 11.7 Å². The molecular formula is C13H17F4NO4S. The number of ether oxygens (including phenoxy) is 2. The predicted molar refractivity (Wildman–Crippen MR) is 77.3 cm³/mol. The molecule has 0 spiro atoms. The summed E-state index contributed by atoms with van der Waals surface area (Å²) in [5, 5.41) is -2.32. The number of halogens is 4. The Morgan fingerprint density at radius 3 is 2.26 bits per heavy atom. The van der Waals surface area contributed by atoms with Crippen LogP contribution in [0.3, 0.4) is 0 Å². The fraction of sp³-hybridized carbons (Fsp3) is 0.538. The SMILES string of the molecule is C=CCNC(=O)C(C)(OCCC(F)(F)C(F)(F)S)OC(=O)C=C. The molecular weight excluding hydrogens is 342 g/mol. The summed E-state index contributed by atoms with van der Waals surface area (Å²) in [6, 6.07) is 0. The molecule has 0 aromatic rings. The number of carbonyl (C=O) groups is 2. The predicted octanol–water partition coefficient (Wildman–Crippen LogP) is 2.30. The Bertz CT molecular complexity index is 467. The van der Waals surface area contributed by atoms with Crippen LogP contribution in [0.4, 0.5) is 17.6 Å². The quantitative estimate of drug-likeness (QED) is 0.157. The van der Waals surface area contributed by atoms with Gasteiger partial charge in [0.15, 0.2) is 0 Å². The molecule has 0 aliphatic rings. The normalized spacial score (nSPS) is 14.5. The van der Waals surface area contributed by atoms with Gasteiger partial charge < -0.3 is 14.8 Å². The van der Waals surface area contributed by atoms with Crippen LogP contribution in [0.2, 0.25) is 0 Å². The third-order valence-corrected chi connectivity index (χ3v) is 2.84. The number of rotatable bonds is 10. The van der Waals surface area contributed by atoms with E-state index in [0.717, 1.165) is 13.0 Å². The maximum absolute atomic E-state index is 13.1. The summed E-state index contributed by atoms with van der Waals surface area (Å²) >= 11 is 2.51. The van der Waals surface area contributed by atoms with E-state index in [9.17, 15) is 27.2 Å². The third-order valence-electron chi connectivity index (χ3n) is 2.52. The van der Waals surface area contributed by atoms with Gasteiger partial charge in [0, 0.05) is 26.0 Å². The molecule has 1 amide bonds. The second kappa shape index (κ2) is 8.34. The molecule has 0 heterocycles. The maximum Gasteiger partial charge on any atom is 0.353 e. The van der Waals surface area contributed by atoms with Gasteiger partial charge in [-0.15, -0.1) is 6.58 Å². The van der Waals surface area contributed by atoms with E-state index in [1.165, 1.54) is 6.08 Å². The van der Waals surface area contributed by atoms with Gasteiger partial charge >= 0.3 is 17.1 Å². The summed E-state index contributed by atoms with van der Waals surface area (Å²) in [5.74, 6) is -8.81. The van der Waals surface area contributed by atoms with E-state index < -0.39 is 41.9 Å². The van der Waals surface area contributed by atoms with Gasteiger partial charge in [-0.05, 0) is 0 Å². The van der Waals surface area contributed by atoms with E-state index in [4.69, 9.17) is 4.74 Å². The maximum atomic E-state index is 13.1. The first-order valence-corrected chi connectivity index (χ1v) is 6.71. The minimum Gasteiger partial charge on any atom is -0.420 e. The van der Waals surface area contributed by atoms with Crippen LogP contribution in [0, 0.1) is 0 Å². The highest BCUT2D eigenvalue weighted by Gasteiger charge is 2.53. The Labute approximate surface area is 136 Å². The van der Waals surface area contributed by atoms with E-state index >= 15 is 0 Å². The van der Waals surface area contributed by atoms with Gasteiger partial charge in [-0.3, -0.25) is 4.79 Å². The van der Waals surface area contributed by atoms with Crippen molar-refractivity contribution in [3.63, 3.8) is 0 Å². The molecule has 0 fully saturated rings. The van der Waals surface area contributed by atoms with Crippen molar-refractivity contribution in [1.29, 1.82) is 0 Å². The van der Waals surface area contributed by atoms with Crippen LogP contribution in [0.25, 0.3) is 0 Å². The molecule has 5 nitrogen and oxygen atoms in total. The molecule has 132 valence electrons.